The second kappa shape index (κ2) is 9.43. The van der Waals surface area contributed by atoms with Gasteiger partial charge in [-0.05, 0) is 61.9 Å². The number of hydrogen-bond acceptors (Lipinski definition) is 2. The van der Waals surface area contributed by atoms with E-state index in [0.29, 0.717) is 5.75 Å². The average molecular weight is 338 g/mol. The van der Waals surface area contributed by atoms with Gasteiger partial charge in [0.05, 0.1) is 5.60 Å². The molecule has 2 aromatic rings. The Bertz CT molecular complexity index is 680. The number of aromatic hydroxyl groups is 1. The van der Waals surface area contributed by atoms with Crippen LogP contribution in [-0.4, -0.2) is 15.8 Å². The summed E-state index contributed by atoms with van der Waals surface area (Å²) in [5.74, 6) is 0.292. The highest BCUT2D eigenvalue weighted by molar-refractivity contribution is 5.70. The molecule has 2 rings (SSSR count). The van der Waals surface area contributed by atoms with Gasteiger partial charge in [0.15, 0.2) is 0 Å². The van der Waals surface area contributed by atoms with Gasteiger partial charge in [0, 0.05) is 0 Å². The Labute approximate surface area is 151 Å². The Morgan fingerprint density at radius 1 is 0.840 bits per heavy atom. The molecule has 2 N–H and O–H groups in total. The number of benzene rings is 2. The van der Waals surface area contributed by atoms with Crippen molar-refractivity contribution in [1.29, 1.82) is 0 Å². The number of hydrogen-bond donors (Lipinski definition) is 2. The standard InChI is InChI=1S/C23H30O2/c1-23(2,25)16-6-4-3-5-9-19-10-7-11-20(17-19)14-15-21-12-8-13-22(24)18-21/h7-8,10-15,17-18,24-25H,3-6,9,16H2,1-2H3/b15-14+. The second-order valence-corrected chi connectivity index (χ2v) is 7.40. The molecule has 2 nitrogen and oxygen atoms in total. The normalized spacial score (nSPS) is 12.0. The predicted octanol–water partition coefficient (Wildman–Crippen LogP) is 5.83. The van der Waals surface area contributed by atoms with Crippen molar-refractivity contribution < 1.29 is 10.2 Å². The second-order valence-electron chi connectivity index (χ2n) is 7.40. The number of rotatable bonds is 9. The lowest BCUT2D eigenvalue weighted by molar-refractivity contribution is 0.0680. The monoisotopic (exact) mass is 338 g/mol. The molecule has 0 unspecified atom stereocenters. The van der Waals surface area contributed by atoms with E-state index < -0.39 is 5.60 Å². The van der Waals surface area contributed by atoms with E-state index >= 15 is 0 Å². The molecular weight excluding hydrogens is 308 g/mol. The lowest BCUT2D eigenvalue weighted by Crippen LogP contribution is -2.17. The van der Waals surface area contributed by atoms with Crippen LogP contribution in [0.1, 0.15) is 62.6 Å². The van der Waals surface area contributed by atoms with Crippen LogP contribution in [0.3, 0.4) is 0 Å². The van der Waals surface area contributed by atoms with Crippen LogP contribution in [0.2, 0.25) is 0 Å². The first-order chi connectivity index (χ1) is 11.9. The molecule has 134 valence electrons. The molecule has 0 saturated heterocycles. The lowest BCUT2D eigenvalue weighted by atomic mass is 9.99. The Balaban J connectivity index is 1.79. The SMILES string of the molecule is CC(C)(O)CCCCCCc1cccc(/C=C/c2cccc(O)c2)c1. The van der Waals surface area contributed by atoms with Gasteiger partial charge in [-0.15, -0.1) is 0 Å². The topological polar surface area (TPSA) is 40.5 Å². The van der Waals surface area contributed by atoms with E-state index in [2.05, 4.69) is 30.3 Å². The van der Waals surface area contributed by atoms with Gasteiger partial charge in [0.1, 0.15) is 5.75 Å². The molecule has 0 aromatic heterocycles. The van der Waals surface area contributed by atoms with Crippen molar-refractivity contribution >= 4 is 12.2 Å². The summed E-state index contributed by atoms with van der Waals surface area (Å²) in [4.78, 5) is 0. The lowest BCUT2D eigenvalue weighted by Gasteiger charge is -2.16. The molecule has 0 fully saturated rings. The number of phenols is 1. The Kier molecular flexibility index (Phi) is 7.27. The van der Waals surface area contributed by atoms with Crippen molar-refractivity contribution in [2.24, 2.45) is 0 Å². The maximum Gasteiger partial charge on any atom is 0.116 e. The van der Waals surface area contributed by atoms with Gasteiger partial charge in [-0.25, -0.2) is 0 Å². The van der Waals surface area contributed by atoms with Gasteiger partial charge in [-0.3, -0.25) is 0 Å². The van der Waals surface area contributed by atoms with Crippen LogP contribution in [0.5, 0.6) is 5.75 Å². The fourth-order valence-corrected chi connectivity index (χ4v) is 2.91. The quantitative estimate of drug-likeness (QED) is 0.446. The number of aliphatic hydroxyl groups is 1. The number of phenolic OH excluding ortho intramolecular Hbond substituents is 1. The van der Waals surface area contributed by atoms with Crippen LogP contribution in [0.15, 0.2) is 48.5 Å². The third-order valence-corrected chi connectivity index (χ3v) is 4.29. The van der Waals surface area contributed by atoms with Gasteiger partial charge in [-0.2, -0.15) is 0 Å². The molecule has 2 aromatic carbocycles. The molecule has 0 aliphatic rings. The van der Waals surface area contributed by atoms with Crippen LogP contribution >= 0.6 is 0 Å². The largest absolute Gasteiger partial charge is 0.508 e. The first-order valence-corrected chi connectivity index (χ1v) is 9.21. The van der Waals surface area contributed by atoms with E-state index in [1.807, 2.05) is 32.1 Å². The zero-order valence-electron chi connectivity index (χ0n) is 15.4. The molecule has 0 spiro atoms. The fraction of sp³-hybridized carbons (Fsp3) is 0.391. The summed E-state index contributed by atoms with van der Waals surface area (Å²) in [6.45, 7) is 3.76. The van der Waals surface area contributed by atoms with Gasteiger partial charge in [-0.1, -0.05) is 67.8 Å². The summed E-state index contributed by atoms with van der Waals surface area (Å²) in [5, 5.41) is 19.2. The third-order valence-electron chi connectivity index (χ3n) is 4.29. The molecule has 2 heteroatoms. The first kappa shape index (κ1) is 19.3. The number of aryl methyl sites for hydroxylation is 1. The van der Waals surface area contributed by atoms with Crippen molar-refractivity contribution in [2.45, 2.75) is 58.0 Å². The molecule has 0 atom stereocenters. The molecule has 0 saturated carbocycles. The highest BCUT2D eigenvalue weighted by Gasteiger charge is 2.10. The molecule has 0 bridgehead atoms. The Morgan fingerprint density at radius 2 is 1.48 bits per heavy atom. The minimum absolute atomic E-state index is 0.292. The minimum atomic E-state index is -0.532. The van der Waals surface area contributed by atoms with Gasteiger partial charge < -0.3 is 10.2 Å². The van der Waals surface area contributed by atoms with E-state index in [0.717, 1.165) is 24.8 Å². The zero-order valence-corrected chi connectivity index (χ0v) is 15.4. The van der Waals surface area contributed by atoms with Crippen LogP contribution in [0.25, 0.3) is 12.2 Å². The summed E-state index contributed by atoms with van der Waals surface area (Å²) in [7, 11) is 0. The van der Waals surface area contributed by atoms with E-state index in [1.165, 1.54) is 30.4 Å². The zero-order chi connectivity index (χ0) is 18.1. The van der Waals surface area contributed by atoms with Crippen LogP contribution in [0, 0.1) is 0 Å². The maximum atomic E-state index is 9.71. The van der Waals surface area contributed by atoms with Gasteiger partial charge in [0.2, 0.25) is 0 Å². The first-order valence-electron chi connectivity index (χ1n) is 9.21. The molecule has 0 amide bonds. The van der Waals surface area contributed by atoms with Gasteiger partial charge in [0.25, 0.3) is 0 Å². The summed E-state index contributed by atoms with van der Waals surface area (Å²) < 4.78 is 0. The summed E-state index contributed by atoms with van der Waals surface area (Å²) in [5.41, 5.74) is 3.01. The summed E-state index contributed by atoms with van der Waals surface area (Å²) in [6, 6.07) is 15.9. The van der Waals surface area contributed by atoms with E-state index in [1.54, 1.807) is 12.1 Å². The van der Waals surface area contributed by atoms with Crippen molar-refractivity contribution in [3.05, 3.63) is 65.2 Å². The third kappa shape index (κ3) is 8.04. The molecule has 0 aliphatic carbocycles. The van der Waals surface area contributed by atoms with Crippen molar-refractivity contribution in [3.63, 3.8) is 0 Å². The molecule has 0 heterocycles. The highest BCUT2D eigenvalue weighted by atomic mass is 16.3. The molecule has 25 heavy (non-hydrogen) atoms. The van der Waals surface area contributed by atoms with E-state index in [-0.39, 0.29) is 0 Å². The van der Waals surface area contributed by atoms with Crippen molar-refractivity contribution in [1.82, 2.24) is 0 Å². The van der Waals surface area contributed by atoms with Crippen molar-refractivity contribution in [3.8, 4) is 5.75 Å². The van der Waals surface area contributed by atoms with Crippen LogP contribution in [-0.2, 0) is 6.42 Å². The fourth-order valence-electron chi connectivity index (χ4n) is 2.91. The highest BCUT2D eigenvalue weighted by Crippen LogP contribution is 2.17. The Hall–Kier alpha value is -2.06. The minimum Gasteiger partial charge on any atom is -0.508 e. The average Bonchev–Trinajstić information content (AvgIpc) is 2.56. The number of unbranched alkanes of at least 4 members (excludes halogenated alkanes) is 3. The summed E-state index contributed by atoms with van der Waals surface area (Å²) in [6.07, 6.45) is 10.7. The molecular formula is C23H30O2. The van der Waals surface area contributed by atoms with E-state index in [4.69, 9.17) is 0 Å². The maximum absolute atomic E-state index is 9.71. The Morgan fingerprint density at radius 3 is 2.16 bits per heavy atom. The van der Waals surface area contributed by atoms with Crippen LogP contribution in [0.4, 0.5) is 0 Å². The molecule has 0 radical (unpaired) electrons. The predicted molar refractivity (Wildman–Crippen MR) is 107 cm³/mol. The molecule has 0 aliphatic heterocycles. The summed E-state index contributed by atoms with van der Waals surface area (Å²) >= 11 is 0. The van der Waals surface area contributed by atoms with Crippen LogP contribution < -0.4 is 0 Å². The smallest absolute Gasteiger partial charge is 0.116 e. The van der Waals surface area contributed by atoms with E-state index in [9.17, 15) is 10.2 Å². The van der Waals surface area contributed by atoms with Gasteiger partial charge >= 0.3 is 0 Å². The van der Waals surface area contributed by atoms with Crippen molar-refractivity contribution in [2.75, 3.05) is 0 Å².